The molecule has 0 bridgehead atoms. The molecule has 0 radical (unpaired) electrons. The number of aromatic amines is 1. The van der Waals surface area contributed by atoms with Crippen molar-refractivity contribution < 1.29 is 0 Å². The van der Waals surface area contributed by atoms with Gasteiger partial charge in [0.1, 0.15) is 11.0 Å². The zero-order valence-corrected chi connectivity index (χ0v) is 9.25. The first-order chi connectivity index (χ1) is 7.65. The van der Waals surface area contributed by atoms with E-state index in [-0.39, 0.29) is 11.2 Å². The van der Waals surface area contributed by atoms with E-state index in [1.807, 2.05) is 0 Å². The maximum Gasteiger partial charge on any atom is 0.329 e. The average molecular weight is 240 g/mol. The lowest BCUT2D eigenvalue weighted by atomic mass is 10.2. The van der Waals surface area contributed by atoms with Gasteiger partial charge in [0.05, 0.1) is 5.56 Å². The van der Waals surface area contributed by atoms with Crippen LogP contribution in [0.3, 0.4) is 0 Å². The van der Waals surface area contributed by atoms with Crippen molar-refractivity contribution in [3.63, 3.8) is 0 Å². The van der Waals surface area contributed by atoms with Crippen LogP contribution in [-0.4, -0.2) is 14.7 Å². The lowest BCUT2D eigenvalue weighted by Crippen LogP contribution is -2.32. The van der Waals surface area contributed by atoms with Gasteiger partial charge in [0.15, 0.2) is 0 Å². The summed E-state index contributed by atoms with van der Waals surface area (Å²) in [5.41, 5.74) is -0.248. The molecule has 2 heterocycles. The second kappa shape index (κ2) is 3.31. The van der Waals surface area contributed by atoms with Gasteiger partial charge >= 0.3 is 5.69 Å². The van der Waals surface area contributed by atoms with Crippen LogP contribution in [0.25, 0.3) is 0 Å². The van der Waals surface area contributed by atoms with Crippen LogP contribution >= 0.6 is 11.6 Å². The summed E-state index contributed by atoms with van der Waals surface area (Å²) >= 11 is 5.81. The Morgan fingerprint density at radius 3 is 2.88 bits per heavy atom. The highest BCUT2D eigenvalue weighted by atomic mass is 35.5. The lowest BCUT2D eigenvalue weighted by Gasteiger charge is -2.07. The van der Waals surface area contributed by atoms with E-state index in [1.165, 1.54) is 4.57 Å². The summed E-state index contributed by atoms with van der Waals surface area (Å²) in [6.07, 6.45) is 2.60. The number of rotatable bonds is 2. The minimum Gasteiger partial charge on any atom is -0.277 e. The fourth-order valence-corrected chi connectivity index (χ4v) is 2.13. The van der Waals surface area contributed by atoms with Crippen molar-refractivity contribution in [2.24, 2.45) is 10.9 Å². The molecule has 5 nitrogen and oxygen atoms in total. The van der Waals surface area contributed by atoms with Crippen molar-refractivity contribution in [2.75, 3.05) is 0 Å². The molecular weight excluding hydrogens is 230 g/mol. The van der Waals surface area contributed by atoms with E-state index in [9.17, 15) is 9.59 Å². The van der Waals surface area contributed by atoms with Gasteiger partial charge in [-0.15, -0.1) is 0 Å². The summed E-state index contributed by atoms with van der Waals surface area (Å²) in [5.74, 6) is 0.993. The number of fused-ring (bicyclic) bond motifs is 1. The molecule has 1 aliphatic heterocycles. The van der Waals surface area contributed by atoms with Crippen molar-refractivity contribution in [2.45, 2.75) is 25.8 Å². The SMILES string of the molecule is O=c1[nH]c(=O)n(CC2CC2)c2c1CC(Cl)=N2. The van der Waals surface area contributed by atoms with Crippen LogP contribution < -0.4 is 11.2 Å². The van der Waals surface area contributed by atoms with Crippen molar-refractivity contribution in [1.82, 2.24) is 9.55 Å². The van der Waals surface area contributed by atoms with Crippen LogP contribution in [0, 0.1) is 5.92 Å². The first-order valence-corrected chi connectivity index (χ1v) is 5.62. The highest BCUT2D eigenvalue weighted by Crippen LogP contribution is 2.32. The average Bonchev–Trinajstić information content (AvgIpc) is 2.95. The second-order valence-corrected chi connectivity index (χ2v) is 4.72. The second-order valence-electron chi connectivity index (χ2n) is 4.28. The van der Waals surface area contributed by atoms with E-state index in [1.54, 1.807) is 0 Å². The maximum atomic E-state index is 11.7. The number of aliphatic imine (C=N–C) groups is 1. The lowest BCUT2D eigenvalue weighted by molar-refractivity contribution is 0.592. The fraction of sp³-hybridized carbons (Fsp3) is 0.500. The quantitative estimate of drug-likeness (QED) is 0.829. The van der Waals surface area contributed by atoms with Gasteiger partial charge in [-0.25, -0.2) is 9.79 Å². The first-order valence-electron chi connectivity index (χ1n) is 5.24. The minimum absolute atomic E-state index is 0.331. The Morgan fingerprint density at radius 2 is 2.19 bits per heavy atom. The number of halogens is 1. The summed E-state index contributed by atoms with van der Waals surface area (Å²) in [5, 5.41) is 0.371. The third kappa shape index (κ3) is 1.51. The molecule has 0 unspecified atom stereocenters. The van der Waals surface area contributed by atoms with E-state index in [2.05, 4.69) is 9.98 Å². The predicted octanol–water partition coefficient (Wildman–Crippen LogP) is 0.771. The Hall–Kier alpha value is -1.36. The Kier molecular flexibility index (Phi) is 2.04. The first kappa shape index (κ1) is 9.84. The van der Waals surface area contributed by atoms with Gasteiger partial charge in [-0.1, -0.05) is 11.6 Å². The highest BCUT2D eigenvalue weighted by Gasteiger charge is 2.27. The predicted molar refractivity (Wildman–Crippen MR) is 60.7 cm³/mol. The molecule has 0 amide bonds. The van der Waals surface area contributed by atoms with Crippen LogP contribution in [0.2, 0.25) is 0 Å². The van der Waals surface area contributed by atoms with E-state index in [0.29, 0.717) is 35.4 Å². The molecule has 6 heteroatoms. The van der Waals surface area contributed by atoms with Gasteiger partial charge < -0.3 is 0 Å². The molecule has 0 saturated heterocycles. The molecule has 1 N–H and O–H groups in total. The number of hydrogen-bond acceptors (Lipinski definition) is 3. The van der Waals surface area contributed by atoms with Crippen LogP contribution in [0.15, 0.2) is 14.6 Å². The van der Waals surface area contributed by atoms with Crippen LogP contribution in [0.1, 0.15) is 18.4 Å². The normalized spacial score (nSPS) is 18.4. The Morgan fingerprint density at radius 1 is 1.44 bits per heavy atom. The van der Waals surface area contributed by atoms with Gasteiger partial charge in [0.25, 0.3) is 5.56 Å². The Labute approximate surface area is 95.8 Å². The third-order valence-electron chi connectivity index (χ3n) is 2.95. The zero-order valence-electron chi connectivity index (χ0n) is 8.49. The van der Waals surface area contributed by atoms with Crippen molar-refractivity contribution in [3.05, 3.63) is 26.4 Å². The zero-order chi connectivity index (χ0) is 11.3. The minimum atomic E-state index is -0.384. The molecule has 3 rings (SSSR count). The van der Waals surface area contributed by atoms with Gasteiger partial charge in [0.2, 0.25) is 0 Å². The number of aromatic nitrogens is 2. The Balaban J connectivity index is 2.19. The summed E-state index contributed by atoms with van der Waals surface area (Å²) < 4.78 is 1.53. The van der Waals surface area contributed by atoms with E-state index in [4.69, 9.17) is 11.6 Å². The molecule has 2 aliphatic rings. The summed E-state index contributed by atoms with van der Waals surface area (Å²) in [6, 6.07) is 0. The molecule has 16 heavy (non-hydrogen) atoms. The monoisotopic (exact) mass is 239 g/mol. The summed E-state index contributed by atoms with van der Waals surface area (Å²) in [4.78, 5) is 29.6. The topological polar surface area (TPSA) is 67.2 Å². The molecule has 0 aromatic carbocycles. The highest BCUT2D eigenvalue weighted by molar-refractivity contribution is 6.66. The number of nitrogens with zero attached hydrogens (tertiary/aromatic N) is 2. The van der Waals surface area contributed by atoms with Gasteiger partial charge in [-0.2, -0.15) is 0 Å². The Bertz CT molecular complexity index is 595. The molecule has 1 saturated carbocycles. The van der Waals surface area contributed by atoms with Gasteiger partial charge in [-0.3, -0.25) is 14.3 Å². The van der Waals surface area contributed by atoms with Crippen molar-refractivity contribution in [3.8, 4) is 0 Å². The smallest absolute Gasteiger partial charge is 0.277 e. The van der Waals surface area contributed by atoms with Crippen molar-refractivity contribution in [1.29, 1.82) is 0 Å². The number of hydrogen-bond donors (Lipinski definition) is 1. The van der Waals surface area contributed by atoms with Gasteiger partial charge in [0, 0.05) is 13.0 Å². The van der Waals surface area contributed by atoms with Crippen molar-refractivity contribution >= 4 is 22.6 Å². The van der Waals surface area contributed by atoms with Gasteiger partial charge in [-0.05, 0) is 18.8 Å². The summed E-state index contributed by atoms with van der Waals surface area (Å²) in [7, 11) is 0. The number of nitrogens with one attached hydrogen (secondary N) is 1. The molecule has 84 valence electrons. The fourth-order valence-electron chi connectivity index (χ4n) is 1.92. The van der Waals surface area contributed by atoms with E-state index in [0.717, 1.165) is 12.8 Å². The summed E-state index contributed by atoms with van der Waals surface area (Å²) in [6.45, 7) is 0.631. The standard InChI is InChI=1S/C10H10ClN3O2/c11-7-3-6-8(12-7)14(4-5-1-2-5)10(16)13-9(6)15/h5H,1-4H2,(H,13,15,16). The number of H-pyrrole nitrogens is 1. The van der Waals surface area contributed by atoms with Crippen LogP contribution in [0.4, 0.5) is 5.82 Å². The third-order valence-corrected chi connectivity index (χ3v) is 3.17. The molecule has 0 spiro atoms. The van der Waals surface area contributed by atoms with E-state index < -0.39 is 0 Å². The molecule has 1 fully saturated rings. The maximum absolute atomic E-state index is 11.7. The molecule has 0 atom stereocenters. The van der Waals surface area contributed by atoms with Crippen LogP contribution in [-0.2, 0) is 13.0 Å². The van der Waals surface area contributed by atoms with Crippen LogP contribution in [0.5, 0.6) is 0 Å². The largest absolute Gasteiger partial charge is 0.329 e. The molecule has 1 aliphatic carbocycles. The van der Waals surface area contributed by atoms with E-state index >= 15 is 0 Å². The molecule has 1 aromatic rings. The molecular formula is C10H10ClN3O2. The molecule has 1 aromatic heterocycles.